The molecule has 3 rings (SSSR count). The van der Waals surface area contributed by atoms with Crippen molar-refractivity contribution in [2.24, 2.45) is 0 Å². The molecule has 0 aliphatic carbocycles. The Labute approximate surface area is 141 Å². The number of alkyl halides is 2. The molecule has 1 amide bonds. The molecule has 2 heterocycles. The lowest BCUT2D eigenvalue weighted by molar-refractivity contribution is -0.117. The Hall–Kier alpha value is -2.27. The number of halogens is 3. The van der Waals surface area contributed by atoms with Crippen LogP contribution >= 0.6 is 0 Å². The number of amides is 1. The van der Waals surface area contributed by atoms with Gasteiger partial charge in [0, 0.05) is 24.6 Å². The first kappa shape index (κ1) is 17.5. The number of rotatable bonds is 4. The number of hydrogen-bond acceptors (Lipinski definition) is 5. The van der Waals surface area contributed by atoms with Gasteiger partial charge in [0.2, 0.25) is 6.43 Å². The summed E-state index contributed by atoms with van der Waals surface area (Å²) in [5.41, 5.74) is -0.332. The molecule has 1 atom stereocenters. The molecule has 3 N–H and O–H groups in total. The molecule has 1 fully saturated rings. The normalized spacial score (nSPS) is 22.4. The van der Waals surface area contributed by atoms with Gasteiger partial charge in [0.15, 0.2) is 5.82 Å². The lowest BCUT2D eigenvalue weighted by Crippen LogP contribution is -2.30. The monoisotopic (exact) mass is 377 g/mol. The van der Waals surface area contributed by atoms with Gasteiger partial charge in [0.25, 0.3) is 5.91 Å². The SMILES string of the molecule is O=C1CN(c2c(O)ccc(C3=CC(CC(F)F)NC3)c2F)S(=O)(=O)N1. The predicted molar refractivity (Wildman–Crippen MR) is 82.9 cm³/mol. The Morgan fingerprint density at radius 3 is 2.68 bits per heavy atom. The van der Waals surface area contributed by atoms with E-state index in [-0.39, 0.29) is 12.1 Å². The van der Waals surface area contributed by atoms with E-state index in [2.05, 4.69) is 5.32 Å². The number of carbonyl (C=O) groups excluding carboxylic acids is 1. The molecule has 136 valence electrons. The number of nitrogens with one attached hydrogen (secondary N) is 2. The topological polar surface area (TPSA) is 98.7 Å². The molecule has 0 aromatic heterocycles. The molecule has 0 spiro atoms. The van der Waals surface area contributed by atoms with Crippen LogP contribution in [0.1, 0.15) is 12.0 Å². The van der Waals surface area contributed by atoms with Crippen LogP contribution in [0.25, 0.3) is 5.57 Å². The molecule has 0 radical (unpaired) electrons. The summed E-state index contributed by atoms with van der Waals surface area (Å²) in [6.07, 6.45) is -1.53. The Morgan fingerprint density at radius 2 is 2.08 bits per heavy atom. The van der Waals surface area contributed by atoms with E-state index >= 15 is 0 Å². The van der Waals surface area contributed by atoms with Gasteiger partial charge in [-0.15, -0.1) is 0 Å². The van der Waals surface area contributed by atoms with Gasteiger partial charge in [-0.1, -0.05) is 6.08 Å². The summed E-state index contributed by atoms with van der Waals surface area (Å²) in [6.45, 7) is -0.552. The fourth-order valence-electron chi connectivity index (χ4n) is 2.82. The number of phenolic OH excluding ortho intramolecular Hbond substituents is 1. The lowest BCUT2D eigenvalue weighted by Gasteiger charge is -2.18. The first-order valence-corrected chi connectivity index (χ1v) is 8.70. The maximum Gasteiger partial charge on any atom is 0.326 e. The molecule has 1 saturated heterocycles. The Balaban J connectivity index is 2.01. The summed E-state index contributed by atoms with van der Waals surface area (Å²) in [7, 11) is -4.30. The van der Waals surface area contributed by atoms with Gasteiger partial charge >= 0.3 is 10.2 Å². The second-order valence-corrected chi connectivity index (χ2v) is 7.23. The van der Waals surface area contributed by atoms with E-state index in [9.17, 15) is 31.5 Å². The molecular weight excluding hydrogens is 363 g/mol. The highest BCUT2D eigenvalue weighted by Gasteiger charge is 2.38. The van der Waals surface area contributed by atoms with Gasteiger partial charge < -0.3 is 10.4 Å². The van der Waals surface area contributed by atoms with E-state index in [1.807, 2.05) is 0 Å². The number of benzene rings is 1. The standard InChI is InChI=1S/C14H14F3N3O4S/c15-11(16)4-8-3-7(5-18-8)9-1-2-10(21)14(13(9)17)20-6-12(22)19-25(20,23)24/h1-3,8,11,18,21H,4-6H2,(H,19,22). The van der Waals surface area contributed by atoms with Crippen LogP contribution in [0, 0.1) is 5.82 Å². The molecule has 25 heavy (non-hydrogen) atoms. The number of hydrogen-bond donors (Lipinski definition) is 3. The fourth-order valence-corrected chi connectivity index (χ4v) is 3.98. The highest BCUT2D eigenvalue weighted by molar-refractivity contribution is 7.92. The van der Waals surface area contributed by atoms with Gasteiger partial charge in [-0.25, -0.2) is 22.2 Å². The van der Waals surface area contributed by atoms with Crippen LogP contribution in [0.4, 0.5) is 18.9 Å². The Bertz CT molecular complexity index is 857. The smallest absolute Gasteiger partial charge is 0.326 e. The van der Waals surface area contributed by atoms with Crippen molar-refractivity contribution >= 4 is 27.4 Å². The maximum absolute atomic E-state index is 14.9. The molecule has 0 saturated carbocycles. The minimum atomic E-state index is -4.30. The van der Waals surface area contributed by atoms with E-state index in [0.717, 1.165) is 6.07 Å². The van der Waals surface area contributed by atoms with Crippen LogP contribution in [0.5, 0.6) is 5.75 Å². The highest BCUT2D eigenvalue weighted by Crippen LogP contribution is 2.37. The predicted octanol–water partition coefficient (Wildman–Crippen LogP) is 0.723. The number of carbonyl (C=O) groups is 1. The molecular formula is C14H14F3N3O4S. The summed E-state index contributed by atoms with van der Waals surface area (Å²) in [5.74, 6) is -2.56. The minimum absolute atomic E-state index is 0.0355. The van der Waals surface area contributed by atoms with Gasteiger partial charge in [-0.2, -0.15) is 8.42 Å². The number of aromatic hydroxyl groups is 1. The summed E-state index contributed by atoms with van der Waals surface area (Å²) in [4.78, 5) is 11.3. The first-order chi connectivity index (χ1) is 11.7. The van der Waals surface area contributed by atoms with Crippen LogP contribution in [0.2, 0.25) is 0 Å². The maximum atomic E-state index is 14.9. The van der Waals surface area contributed by atoms with Crippen LogP contribution in [0.3, 0.4) is 0 Å². The number of nitrogens with zero attached hydrogens (tertiary/aromatic N) is 1. The summed E-state index contributed by atoms with van der Waals surface area (Å²) >= 11 is 0. The molecule has 1 aromatic carbocycles. The van der Waals surface area contributed by atoms with Crippen LogP contribution in [-0.4, -0.2) is 45.0 Å². The van der Waals surface area contributed by atoms with Crippen LogP contribution in [0.15, 0.2) is 18.2 Å². The largest absolute Gasteiger partial charge is 0.506 e. The van der Waals surface area contributed by atoms with Gasteiger partial charge in [0.1, 0.15) is 18.0 Å². The molecule has 7 nitrogen and oxygen atoms in total. The van der Waals surface area contributed by atoms with E-state index in [1.165, 1.54) is 12.1 Å². The fraction of sp³-hybridized carbons (Fsp3) is 0.357. The summed E-state index contributed by atoms with van der Waals surface area (Å²) in [6, 6.07) is 1.68. The van der Waals surface area contributed by atoms with Crippen molar-refractivity contribution in [1.29, 1.82) is 0 Å². The number of phenols is 1. The molecule has 1 aromatic rings. The minimum Gasteiger partial charge on any atom is -0.506 e. The first-order valence-electron chi connectivity index (χ1n) is 7.26. The zero-order chi connectivity index (χ0) is 18.4. The molecule has 11 heteroatoms. The molecule has 2 aliphatic heterocycles. The Kier molecular flexibility index (Phi) is 4.37. The summed E-state index contributed by atoms with van der Waals surface area (Å²) < 4.78 is 65.7. The van der Waals surface area contributed by atoms with Crippen molar-refractivity contribution in [2.75, 3.05) is 17.4 Å². The molecule has 0 bridgehead atoms. The van der Waals surface area contributed by atoms with Crippen LogP contribution < -0.4 is 14.3 Å². The van der Waals surface area contributed by atoms with Crippen molar-refractivity contribution in [3.8, 4) is 5.75 Å². The third kappa shape index (κ3) is 3.29. The average Bonchev–Trinajstić information content (AvgIpc) is 3.03. The van der Waals surface area contributed by atoms with Gasteiger partial charge in [-0.3, -0.25) is 4.79 Å². The van der Waals surface area contributed by atoms with Crippen LogP contribution in [-0.2, 0) is 15.0 Å². The Morgan fingerprint density at radius 1 is 1.36 bits per heavy atom. The van der Waals surface area contributed by atoms with Crippen molar-refractivity contribution in [1.82, 2.24) is 10.0 Å². The zero-order valence-electron chi connectivity index (χ0n) is 12.7. The van der Waals surface area contributed by atoms with Crippen molar-refractivity contribution in [3.63, 3.8) is 0 Å². The molecule has 1 unspecified atom stereocenters. The van der Waals surface area contributed by atoms with E-state index < -0.39 is 58.8 Å². The van der Waals surface area contributed by atoms with E-state index in [1.54, 1.807) is 4.72 Å². The van der Waals surface area contributed by atoms with Crippen molar-refractivity contribution in [2.45, 2.75) is 18.9 Å². The number of anilines is 1. The highest BCUT2D eigenvalue weighted by atomic mass is 32.2. The molecule has 2 aliphatic rings. The summed E-state index contributed by atoms with van der Waals surface area (Å²) in [5, 5.41) is 12.7. The van der Waals surface area contributed by atoms with E-state index in [4.69, 9.17) is 0 Å². The van der Waals surface area contributed by atoms with Crippen molar-refractivity contribution < 1.29 is 31.5 Å². The average molecular weight is 377 g/mol. The third-order valence-electron chi connectivity index (χ3n) is 3.90. The lowest BCUT2D eigenvalue weighted by atomic mass is 10.0. The quantitative estimate of drug-likeness (QED) is 0.718. The van der Waals surface area contributed by atoms with Crippen molar-refractivity contribution in [3.05, 3.63) is 29.6 Å². The second kappa shape index (κ2) is 6.23. The second-order valence-electron chi connectivity index (χ2n) is 5.64. The third-order valence-corrected chi connectivity index (χ3v) is 5.28. The van der Waals surface area contributed by atoms with Gasteiger partial charge in [-0.05, 0) is 17.7 Å². The zero-order valence-corrected chi connectivity index (χ0v) is 13.5. The van der Waals surface area contributed by atoms with E-state index in [0.29, 0.717) is 9.88 Å². The van der Waals surface area contributed by atoms with Gasteiger partial charge in [0.05, 0.1) is 0 Å².